The van der Waals surface area contributed by atoms with Crippen molar-refractivity contribution in [3.05, 3.63) is 48.0 Å². The van der Waals surface area contributed by atoms with Gasteiger partial charge in [-0.2, -0.15) is 0 Å². The van der Waals surface area contributed by atoms with Gasteiger partial charge < -0.3 is 14.8 Å². The summed E-state index contributed by atoms with van der Waals surface area (Å²) >= 11 is 0. The SMILES string of the molecule is CCC(=O)Nc1cc(S(=O)(=O)N[C@@H](C)c2ccccc2OC)ccc1OC. The van der Waals surface area contributed by atoms with Gasteiger partial charge in [-0.3, -0.25) is 4.79 Å². The first-order valence-electron chi connectivity index (χ1n) is 8.45. The Hall–Kier alpha value is -2.58. The number of benzene rings is 2. The fraction of sp³-hybridized carbons (Fsp3) is 0.316. The molecule has 146 valence electrons. The van der Waals surface area contributed by atoms with E-state index in [0.717, 1.165) is 5.56 Å². The maximum atomic E-state index is 12.8. The molecule has 0 saturated carbocycles. The predicted molar refractivity (Wildman–Crippen MR) is 104 cm³/mol. The Balaban J connectivity index is 2.33. The molecule has 27 heavy (non-hydrogen) atoms. The maximum Gasteiger partial charge on any atom is 0.241 e. The number of para-hydroxylation sites is 1. The Bertz CT molecular complexity index is 912. The largest absolute Gasteiger partial charge is 0.496 e. The molecule has 0 aliphatic rings. The van der Waals surface area contributed by atoms with Crippen molar-refractivity contribution in [1.82, 2.24) is 4.72 Å². The number of anilines is 1. The van der Waals surface area contributed by atoms with Crippen LogP contribution in [0.3, 0.4) is 0 Å². The summed E-state index contributed by atoms with van der Waals surface area (Å²) in [5.41, 5.74) is 1.02. The lowest BCUT2D eigenvalue weighted by molar-refractivity contribution is -0.115. The van der Waals surface area contributed by atoms with Crippen LogP contribution < -0.4 is 19.5 Å². The molecule has 0 radical (unpaired) electrons. The van der Waals surface area contributed by atoms with Crippen molar-refractivity contribution in [1.29, 1.82) is 0 Å². The van der Waals surface area contributed by atoms with Gasteiger partial charge in [0.2, 0.25) is 15.9 Å². The molecule has 2 rings (SSSR count). The molecule has 0 aromatic heterocycles. The smallest absolute Gasteiger partial charge is 0.241 e. The van der Waals surface area contributed by atoms with E-state index in [4.69, 9.17) is 9.47 Å². The van der Waals surface area contributed by atoms with E-state index in [1.807, 2.05) is 12.1 Å². The molecule has 0 aliphatic carbocycles. The van der Waals surface area contributed by atoms with E-state index >= 15 is 0 Å². The van der Waals surface area contributed by atoms with Gasteiger partial charge in [-0.05, 0) is 31.2 Å². The molecule has 1 atom stereocenters. The van der Waals surface area contributed by atoms with Crippen LogP contribution in [0.15, 0.2) is 47.4 Å². The van der Waals surface area contributed by atoms with Crippen LogP contribution in [-0.2, 0) is 14.8 Å². The normalized spacial score (nSPS) is 12.3. The van der Waals surface area contributed by atoms with Crippen LogP contribution in [0, 0.1) is 0 Å². The minimum absolute atomic E-state index is 0.0245. The molecule has 2 aromatic rings. The third-order valence-electron chi connectivity index (χ3n) is 4.01. The van der Waals surface area contributed by atoms with Crippen molar-refractivity contribution in [3.8, 4) is 11.5 Å². The topological polar surface area (TPSA) is 93.7 Å². The Kier molecular flexibility index (Phi) is 6.81. The zero-order valence-corrected chi connectivity index (χ0v) is 16.6. The van der Waals surface area contributed by atoms with Crippen LogP contribution in [0.5, 0.6) is 11.5 Å². The fourth-order valence-corrected chi connectivity index (χ4v) is 3.83. The van der Waals surface area contributed by atoms with Crippen molar-refractivity contribution in [2.24, 2.45) is 0 Å². The molecule has 7 nitrogen and oxygen atoms in total. The number of sulfonamides is 1. The van der Waals surface area contributed by atoms with Crippen molar-refractivity contribution < 1.29 is 22.7 Å². The average Bonchev–Trinajstić information content (AvgIpc) is 2.67. The molecule has 0 heterocycles. The maximum absolute atomic E-state index is 12.8. The van der Waals surface area contributed by atoms with E-state index in [0.29, 0.717) is 17.2 Å². The summed E-state index contributed by atoms with van der Waals surface area (Å²) in [7, 11) is -0.850. The van der Waals surface area contributed by atoms with E-state index in [1.165, 1.54) is 32.4 Å². The number of carbonyl (C=O) groups excluding carboxylic acids is 1. The molecular weight excluding hydrogens is 368 g/mol. The molecule has 0 bridgehead atoms. The Morgan fingerprint density at radius 2 is 1.74 bits per heavy atom. The number of hydrogen-bond acceptors (Lipinski definition) is 5. The second kappa shape index (κ2) is 8.88. The van der Waals surface area contributed by atoms with E-state index < -0.39 is 16.1 Å². The molecular formula is C19H24N2O5S. The third-order valence-corrected chi connectivity index (χ3v) is 5.55. The molecule has 0 fully saturated rings. The van der Waals surface area contributed by atoms with Crippen LogP contribution in [0.1, 0.15) is 31.9 Å². The average molecular weight is 392 g/mol. The summed E-state index contributed by atoms with van der Waals surface area (Å²) in [6, 6.07) is 11.0. The van der Waals surface area contributed by atoms with Crippen LogP contribution in [0.4, 0.5) is 5.69 Å². The van der Waals surface area contributed by atoms with Crippen molar-refractivity contribution in [2.75, 3.05) is 19.5 Å². The summed E-state index contributed by atoms with van der Waals surface area (Å²) in [5.74, 6) is 0.741. The number of rotatable bonds is 8. The van der Waals surface area contributed by atoms with Gasteiger partial charge in [0, 0.05) is 18.0 Å². The molecule has 0 unspecified atom stereocenters. The zero-order valence-electron chi connectivity index (χ0n) is 15.8. The van der Waals surface area contributed by atoms with Gasteiger partial charge in [-0.15, -0.1) is 0 Å². The number of nitrogens with one attached hydrogen (secondary N) is 2. The molecule has 2 N–H and O–H groups in total. The summed E-state index contributed by atoms with van der Waals surface area (Å²) in [6.07, 6.45) is 0.267. The standard InChI is InChI=1S/C19H24N2O5S/c1-5-19(22)20-16-12-14(10-11-18(16)26-4)27(23,24)21-13(2)15-8-6-7-9-17(15)25-3/h6-13,21H,5H2,1-4H3,(H,20,22)/t13-/m0/s1. The summed E-state index contributed by atoms with van der Waals surface area (Å²) < 4.78 is 38.8. The first-order valence-corrected chi connectivity index (χ1v) is 9.93. The number of carbonyl (C=O) groups is 1. The Labute approximate surface area is 159 Å². The van der Waals surface area contributed by atoms with Crippen LogP contribution in [-0.4, -0.2) is 28.5 Å². The van der Waals surface area contributed by atoms with Gasteiger partial charge in [0.25, 0.3) is 0 Å². The van der Waals surface area contributed by atoms with Crippen LogP contribution in [0.25, 0.3) is 0 Å². The lowest BCUT2D eigenvalue weighted by Crippen LogP contribution is -2.27. The molecule has 8 heteroatoms. The first kappa shape index (κ1) is 20.7. The van der Waals surface area contributed by atoms with Gasteiger partial charge in [0.1, 0.15) is 11.5 Å². The monoisotopic (exact) mass is 392 g/mol. The lowest BCUT2D eigenvalue weighted by atomic mass is 10.1. The van der Waals surface area contributed by atoms with Gasteiger partial charge >= 0.3 is 0 Å². The van der Waals surface area contributed by atoms with E-state index in [1.54, 1.807) is 26.0 Å². The first-order chi connectivity index (χ1) is 12.8. The van der Waals surface area contributed by atoms with E-state index in [9.17, 15) is 13.2 Å². The number of amides is 1. The lowest BCUT2D eigenvalue weighted by Gasteiger charge is -2.18. The quantitative estimate of drug-likeness (QED) is 0.720. The van der Waals surface area contributed by atoms with Crippen molar-refractivity contribution in [3.63, 3.8) is 0 Å². The summed E-state index contributed by atoms with van der Waals surface area (Å²) in [5, 5.41) is 2.65. The number of methoxy groups -OCH3 is 2. The molecule has 1 amide bonds. The van der Waals surface area contributed by atoms with E-state index in [-0.39, 0.29) is 17.2 Å². The van der Waals surface area contributed by atoms with Gasteiger partial charge in [-0.25, -0.2) is 13.1 Å². The van der Waals surface area contributed by atoms with Crippen LogP contribution >= 0.6 is 0 Å². The molecule has 0 saturated heterocycles. The van der Waals surface area contributed by atoms with Gasteiger partial charge in [0.15, 0.2) is 0 Å². The van der Waals surface area contributed by atoms with Gasteiger partial charge in [0.05, 0.1) is 24.8 Å². The highest BCUT2D eigenvalue weighted by molar-refractivity contribution is 7.89. The summed E-state index contributed by atoms with van der Waals surface area (Å²) in [4.78, 5) is 11.7. The highest BCUT2D eigenvalue weighted by atomic mass is 32.2. The van der Waals surface area contributed by atoms with Crippen molar-refractivity contribution in [2.45, 2.75) is 31.2 Å². The van der Waals surface area contributed by atoms with Crippen LogP contribution in [0.2, 0.25) is 0 Å². The Morgan fingerprint density at radius 1 is 1.07 bits per heavy atom. The molecule has 2 aromatic carbocycles. The zero-order chi connectivity index (χ0) is 20.0. The van der Waals surface area contributed by atoms with E-state index in [2.05, 4.69) is 10.0 Å². The minimum atomic E-state index is -3.84. The molecule has 0 spiro atoms. The summed E-state index contributed by atoms with van der Waals surface area (Å²) in [6.45, 7) is 3.44. The minimum Gasteiger partial charge on any atom is -0.496 e. The third kappa shape index (κ3) is 4.99. The fourth-order valence-electron chi connectivity index (χ4n) is 2.58. The second-order valence-corrected chi connectivity index (χ2v) is 7.56. The van der Waals surface area contributed by atoms with Gasteiger partial charge in [-0.1, -0.05) is 25.1 Å². The second-order valence-electron chi connectivity index (χ2n) is 5.85. The highest BCUT2D eigenvalue weighted by Crippen LogP contribution is 2.30. The Morgan fingerprint density at radius 3 is 2.37 bits per heavy atom. The van der Waals surface area contributed by atoms with Crippen molar-refractivity contribution >= 4 is 21.6 Å². The molecule has 0 aliphatic heterocycles. The predicted octanol–water partition coefficient (Wildman–Crippen LogP) is 3.09. The highest BCUT2D eigenvalue weighted by Gasteiger charge is 2.22. The number of hydrogen-bond donors (Lipinski definition) is 2. The number of ether oxygens (including phenoxy) is 2.